The fourth-order valence-electron chi connectivity index (χ4n) is 1.95. The van der Waals surface area contributed by atoms with Crippen molar-refractivity contribution in [3.63, 3.8) is 0 Å². The van der Waals surface area contributed by atoms with Gasteiger partial charge in [-0.2, -0.15) is 0 Å². The molecule has 0 saturated heterocycles. The van der Waals surface area contributed by atoms with Crippen LogP contribution in [0.3, 0.4) is 0 Å². The predicted octanol–water partition coefficient (Wildman–Crippen LogP) is 3.34. The number of nitrogens with one attached hydrogen (secondary N) is 1. The van der Waals surface area contributed by atoms with Gasteiger partial charge in [0, 0.05) is 24.6 Å². The van der Waals surface area contributed by atoms with Crippen molar-refractivity contribution in [1.29, 1.82) is 0 Å². The average molecular weight is 261 g/mol. The minimum atomic E-state index is -0.483. The number of nitrogens with zero attached hydrogens (tertiary/aromatic N) is 2. The summed E-state index contributed by atoms with van der Waals surface area (Å²) in [7, 11) is 1.74. The van der Waals surface area contributed by atoms with Gasteiger partial charge in [0.1, 0.15) is 23.3 Å². The van der Waals surface area contributed by atoms with Gasteiger partial charge in [0.25, 0.3) is 0 Å². The minimum absolute atomic E-state index is 0.167. The maximum Gasteiger partial charge on any atom is 0.134 e. The van der Waals surface area contributed by atoms with E-state index in [4.69, 9.17) is 0 Å². The zero-order chi connectivity index (χ0) is 13.4. The van der Waals surface area contributed by atoms with Gasteiger partial charge in [-0.25, -0.2) is 18.7 Å². The largest absolute Gasteiger partial charge is 0.373 e. The summed E-state index contributed by atoms with van der Waals surface area (Å²) in [6, 6.07) is 5.00. The molecule has 1 saturated carbocycles. The molecule has 0 unspecified atom stereocenters. The quantitative estimate of drug-likeness (QED) is 0.920. The Balaban J connectivity index is 2.12. The first-order valence-corrected chi connectivity index (χ1v) is 6.19. The summed E-state index contributed by atoms with van der Waals surface area (Å²) in [6.45, 7) is 0. The first kappa shape index (κ1) is 12.0. The number of hydrogen-bond acceptors (Lipinski definition) is 3. The molecule has 3 rings (SSSR count). The second-order valence-electron chi connectivity index (χ2n) is 4.65. The maximum absolute atomic E-state index is 13.8. The van der Waals surface area contributed by atoms with Crippen molar-refractivity contribution >= 4 is 5.82 Å². The summed E-state index contributed by atoms with van der Waals surface area (Å²) < 4.78 is 27.1. The molecule has 1 heterocycles. The molecule has 0 aliphatic heterocycles. The van der Waals surface area contributed by atoms with Gasteiger partial charge in [0.2, 0.25) is 0 Å². The van der Waals surface area contributed by atoms with Crippen molar-refractivity contribution in [2.45, 2.75) is 18.8 Å². The van der Waals surface area contributed by atoms with Crippen molar-refractivity contribution in [1.82, 2.24) is 9.97 Å². The number of anilines is 1. The molecular weight excluding hydrogens is 248 g/mol. The van der Waals surface area contributed by atoms with Crippen LogP contribution in [0.15, 0.2) is 24.3 Å². The van der Waals surface area contributed by atoms with E-state index in [1.165, 1.54) is 0 Å². The lowest BCUT2D eigenvalue weighted by Gasteiger charge is -2.08. The lowest BCUT2D eigenvalue weighted by molar-refractivity contribution is 0.602. The molecule has 0 bridgehead atoms. The van der Waals surface area contributed by atoms with E-state index in [9.17, 15) is 8.78 Å². The van der Waals surface area contributed by atoms with Gasteiger partial charge < -0.3 is 5.32 Å². The molecule has 3 nitrogen and oxygen atoms in total. The fourth-order valence-corrected chi connectivity index (χ4v) is 1.95. The van der Waals surface area contributed by atoms with Gasteiger partial charge in [-0.3, -0.25) is 0 Å². The van der Waals surface area contributed by atoms with E-state index in [-0.39, 0.29) is 5.56 Å². The molecule has 98 valence electrons. The SMILES string of the molecule is CNc1cc(-c2cc(F)ccc2F)nc(C2CC2)n1. The number of aromatic nitrogens is 2. The van der Waals surface area contributed by atoms with Crippen LogP contribution in [0.1, 0.15) is 24.6 Å². The zero-order valence-corrected chi connectivity index (χ0v) is 10.5. The third-order valence-corrected chi connectivity index (χ3v) is 3.15. The first-order chi connectivity index (χ1) is 9.17. The van der Waals surface area contributed by atoms with Crippen LogP contribution >= 0.6 is 0 Å². The second-order valence-corrected chi connectivity index (χ2v) is 4.65. The van der Waals surface area contributed by atoms with Crippen molar-refractivity contribution < 1.29 is 8.78 Å². The maximum atomic E-state index is 13.8. The smallest absolute Gasteiger partial charge is 0.134 e. The van der Waals surface area contributed by atoms with Gasteiger partial charge in [-0.15, -0.1) is 0 Å². The van der Waals surface area contributed by atoms with Gasteiger partial charge >= 0.3 is 0 Å². The highest BCUT2D eigenvalue weighted by atomic mass is 19.1. The summed E-state index contributed by atoms with van der Waals surface area (Å²) in [6.07, 6.45) is 2.11. The average Bonchev–Trinajstić information content (AvgIpc) is 3.25. The number of rotatable bonds is 3. The highest BCUT2D eigenvalue weighted by Gasteiger charge is 2.27. The second kappa shape index (κ2) is 4.57. The Hall–Kier alpha value is -2.04. The van der Waals surface area contributed by atoms with Gasteiger partial charge in [-0.1, -0.05) is 0 Å². The van der Waals surface area contributed by atoms with Gasteiger partial charge in [-0.05, 0) is 31.0 Å². The molecule has 1 aliphatic carbocycles. The van der Waals surface area contributed by atoms with Crippen LogP contribution in [0.2, 0.25) is 0 Å². The van der Waals surface area contributed by atoms with Crippen molar-refractivity contribution in [3.05, 3.63) is 41.7 Å². The predicted molar refractivity (Wildman–Crippen MR) is 68.9 cm³/mol. The summed E-state index contributed by atoms with van der Waals surface area (Å²) >= 11 is 0. The Morgan fingerprint density at radius 2 is 1.95 bits per heavy atom. The lowest BCUT2D eigenvalue weighted by Crippen LogP contribution is -2.01. The van der Waals surface area contributed by atoms with E-state index in [1.54, 1.807) is 13.1 Å². The zero-order valence-electron chi connectivity index (χ0n) is 10.5. The monoisotopic (exact) mass is 261 g/mol. The molecule has 1 aliphatic rings. The molecule has 0 amide bonds. The van der Waals surface area contributed by atoms with Crippen LogP contribution in [-0.2, 0) is 0 Å². The summed E-state index contributed by atoms with van der Waals surface area (Å²) in [4.78, 5) is 8.71. The van der Waals surface area contributed by atoms with E-state index >= 15 is 0 Å². The molecule has 1 aromatic heterocycles. The van der Waals surface area contributed by atoms with Crippen molar-refractivity contribution in [2.75, 3.05) is 12.4 Å². The van der Waals surface area contributed by atoms with Crippen LogP contribution in [0.4, 0.5) is 14.6 Å². The molecule has 5 heteroatoms. The summed E-state index contributed by atoms with van der Waals surface area (Å²) in [5.41, 5.74) is 0.582. The van der Waals surface area contributed by atoms with Gasteiger partial charge in [0.05, 0.1) is 5.69 Å². The van der Waals surface area contributed by atoms with Crippen LogP contribution in [0, 0.1) is 11.6 Å². The number of halogens is 2. The molecule has 1 fully saturated rings. The van der Waals surface area contributed by atoms with E-state index in [2.05, 4.69) is 15.3 Å². The van der Waals surface area contributed by atoms with Crippen LogP contribution in [-0.4, -0.2) is 17.0 Å². The summed E-state index contributed by atoms with van der Waals surface area (Å²) in [5.74, 6) is 0.711. The van der Waals surface area contributed by atoms with E-state index in [1.807, 2.05) is 0 Å². The van der Waals surface area contributed by atoms with E-state index < -0.39 is 11.6 Å². The molecule has 2 aromatic rings. The molecule has 0 radical (unpaired) electrons. The molecule has 0 spiro atoms. The Kier molecular flexibility index (Phi) is 2.89. The van der Waals surface area contributed by atoms with Crippen LogP contribution < -0.4 is 5.32 Å². The third kappa shape index (κ3) is 2.41. The molecule has 19 heavy (non-hydrogen) atoms. The van der Waals surface area contributed by atoms with E-state index in [0.29, 0.717) is 23.3 Å². The van der Waals surface area contributed by atoms with Crippen LogP contribution in [0.25, 0.3) is 11.3 Å². The Labute approximate surface area is 109 Å². The molecular formula is C14H13F2N3. The highest BCUT2D eigenvalue weighted by Crippen LogP contribution is 2.39. The molecule has 0 atom stereocenters. The Morgan fingerprint density at radius 3 is 2.63 bits per heavy atom. The topological polar surface area (TPSA) is 37.8 Å². The Bertz CT molecular complexity index is 624. The van der Waals surface area contributed by atoms with Crippen LogP contribution in [0.5, 0.6) is 0 Å². The number of benzene rings is 1. The minimum Gasteiger partial charge on any atom is -0.373 e. The normalized spacial score (nSPS) is 14.5. The lowest BCUT2D eigenvalue weighted by atomic mass is 10.1. The highest BCUT2D eigenvalue weighted by molar-refractivity contribution is 5.63. The number of hydrogen-bond donors (Lipinski definition) is 1. The van der Waals surface area contributed by atoms with Gasteiger partial charge in [0.15, 0.2) is 0 Å². The molecule has 1 aromatic carbocycles. The standard InChI is InChI=1S/C14H13F2N3/c1-17-13-7-12(18-14(19-13)8-2-3-8)10-6-9(15)4-5-11(10)16/h4-8H,2-3H2,1H3,(H,17,18,19). The van der Waals surface area contributed by atoms with E-state index in [0.717, 1.165) is 31.0 Å². The first-order valence-electron chi connectivity index (χ1n) is 6.19. The Morgan fingerprint density at radius 1 is 1.16 bits per heavy atom. The van der Waals surface area contributed by atoms with Crippen molar-refractivity contribution in [3.8, 4) is 11.3 Å². The molecule has 1 N–H and O–H groups in total. The fraction of sp³-hybridized carbons (Fsp3) is 0.286. The third-order valence-electron chi connectivity index (χ3n) is 3.15. The van der Waals surface area contributed by atoms with Crippen molar-refractivity contribution in [2.24, 2.45) is 0 Å². The summed E-state index contributed by atoms with van der Waals surface area (Å²) in [5, 5.41) is 2.93.